The summed E-state index contributed by atoms with van der Waals surface area (Å²) in [6.07, 6.45) is 14.5. The fraction of sp³-hybridized carbons (Fsp3) is 0.684. The lowest BCUT2D eigenvalue weighted by atomic mass is 9.82. The Kier molecular flexibility index (Phi) is 14.1. The predicted octanol–water partition coefficient (Wildman–Crippen LogP) is 12.2. The van der Waals surface area contributed by atoms with Gasteiger partial charge in [0.25, 0.3) is 0 Å². The van der Waals surface area contributed by atoms with Crippen LogP contribution in [0.25, 0.3) is 0 Å². The van der Waals surface area contributed by atoms with Gasteiger partial charge in [0.1, 0.15) is 11.5 Å². The summed E-state index contributed by atoms with van der Waals surface area (Å²) in [7, 11) is 0. The average molecular weight is 583 g/mol. The van der Waals surface area contributed by atoms with Crippen molar-refractivity contribution < 1.29 is 10.2 Å². The van der Waals surface area contributed by atoms with Gasteiger partial charge in [-0.3, -0.25) is 0 Å². The highest BCUT2D eigenvalue weighted by atomic mass is 32.2. The molecule has 0 bridgehead atoms. The van der Waals surface area contributed by atoms with Crippen molar-refractivity contribution in [2.75, 3.05) is 5.75 Å². The third-order valence-electron chi connectivity index (χ3n) is 8.70. The molecule has 0 saturated heterocycles. The zero-order valence-corrected chi connectivity index (χ0v) is 29.1. The van der Waals surface area contributed by atoms with E-state index in [1.54, 1.807) is 0 Å². The number of aromatic hydroxyl groups is 2. The van der Waals surface area contributed by atoms with E-state index in [1.807, 2.05) is 12.1 Å². The van der Waals surface area contributed by atoms with Gasteiger partial charge in [-0.2, -0.15) is 11.8 Å². The molecule has 0 radical (unpaired) electrons. The number of hydrogen-bond acceptors (Lipinski definition) is 3. The Bertz CT molecular complexity index is 1070. The lowest BCUT2D eigenvalue weighted by Gasteiger charge is -2.26. The van der Waals surface area contributed by atoms with Gasteiger partial charge in [-0.25, -0.2) is 0 Å². The molecule has 232 valence electrons. The summed E-state index contributed by atoms with van der Waals surface area (Å²) in [6.45, 7) is 22.0. The molecule has 2 rings (SSSR count). The van der Waals surface area contributed by atoms with E-state index >= 15 is 0 Å². The molecule has 2 unspecified atom stereocenters. The standard InChI is InChI=1S/C38H62O2S/c1-11-12-13-14-15-16-17-18-19-20-36(31-26-33(38(8,9)10)35(40)24-29(31)4)41-22-21-27(2)30-25-32(37(5,6)7)34(39)23-28(30)3/h23-27,36,39-40H,11-22H2,1-10H3. The molecule has 2 aromatic carbocycles. The summed E-state index contributed by atoms with van der Waals surface area (Å²) in [6, 6.07) is 8.51. The second-order valence-electron chi connectivity index (χ2n) is 14.6. The van der Waals surface area contributed by atoms with E-state index < -0.39 is 0 Å². The summed E-state index contributed by atoms with van der Waals surface area (Å²) < 4.78 is 0. The summed E-state index contributed by atoms with van der Waals surface area (Å²) in [5, 5.41) is 21.8. The van der Waals surface area contributed by atoms with Crippen LogP contribution in [-0.2, 0) is 10.8 Å². The van der Waals surface area contributed by atoms with Crippen LogP contribution in [-0.4, -0.2) is 16.0 Å². The molecule has 41 heavy (non-hydrogen) atoms. The zero-order chi connectivity index (χ0) is 30.8. The number of benzene rings is 2. The van der Waals surface area contributed by atoms with Gasteiger partial charge in [0.05, 0.1) is 0 Å². The average Bonchev–Trinajstić information content (AvgIpc) is 2.85. The van der Waals surface area contributed by atoms with Crippen LogP contribution in [0.2, 0.25) is 0 Å². The number of phenolic OH excluding ortho intramolecular Hbond substituents is 2. The Morgan fingerprint density at radius 3 is 1.56 bits per heavy atom. The normalized spacial score (nSPS) is 13.9. The molecular formula is C38H62O2S. The van der Waals surface area contributed by atoms with Crippen molar-refractivity contribution in [2.24, 2.45) is 0 Å². The quantitative estimate of drug-likeness (QED) is 0.193. The minimum absolute atomic E-state index is 0.0806. The Morgan fingerprint density at radius 1 is 0.634 bits per heavy atom. The number of rotatable bonds is 16. The SMILES string of the molecule is CCCCCCCCCCCC(SCCC(C)c1cc(C(C)(C)C)c(O)cc1C)c1cc(C(C)(C)C)c(O)cc1C. The highest BCUT2D eigenvalue weighted by molar-refractivity contribution is 7.99. The highest BCUT2D eigenvalue weighted by Gasteiger charge is 2.24. The molecule has 0 heterocycles. The summed E-state index contributed by atoms with van der Waals surface area (Å²) >= 11 is 2.10. The number of hydrogen-bond donors (Lipinski definition) is 2. The van der Waals surface area contributed by atoms with Crippen molar-refractivity contribution in [1.82, 2.24) is 0 Å². The Morgan fingerprint density at radius 2 is 1.07 bits per heavy atom. The molecule has 0 aromatic heterocycles. The maximum Gasteiger partial charge on any atom is 0.119 e. The minimum atomic E-state index is -0.0881. The molecule has 0 aliphatic heterocycles. The highest BCUT2D eigenvalue weighted by Crippen LogP contribution is 2.42. The van der Waals surface area contributed by atoms with Crippen LogP contribution in [0.4, 0.5) is 0 Å². The number of aryl methyl sites for hydroxylation is 2. The van der Waals surface area contributed by atoms with E-state index in [-0.39, 0.29) is 10.8 Å². The largest absolute Gasteiger partial charge is 0.508 e. The van der Waals surface area contributed by atoms with Crippen LogP contribution in [0.1, 0.15) is 171 Å². The number of thioether (sulfide) groups is 1. The lowest BCUT2D eigenvalue weighted by Crippen LogP contribution is -2.13. The summed E-state index contributed by atoms with van der Waals surface area (Å²) in [4.78, 5) is 0. The lowest BCUT2D eigenvalue weighted by molar-refractivity contribution is 0.444. The third kappa shape index (κ3) is 11.2. The molecule has 0 aliphatic carbocycles. The van der Waals surface area contributed by atoms with Crippen molar-refractivity contribution in [3.05, 3.63) is 57.6 Å². The van der Waals surface area contributed by atoms with E-state index in [0.717, 1.165) is 23.3 Å². The minimum Gasteiger partial charge on any atom is -0.508 e. The van der Waals surface area contributed by atoms with Crippen molar-refractivity contribution in [1.29, 1.82) is 0 Å². The van der Waals surface area contributed by atoms with Crippen molar-refractivity contribution in [3.63, 3.8) is 0 Å². The molecular weight excluding hydrogens is 520 g/mol. The first-order valence-electron chi connectivity index (χ1n) is 16.5. The third-order valence-corrected chi connectivity index (χ3v) is 10.1. The molecule has 0 saturated carbocycles. The van der Waals surface area contributed by atoms with E-state index in [1.165, 1.54) is 86.5 Å². The van der Waals surface area contributed by atoms with Crippen LogP contribution in [0.15, 0.2) is 24.3 Å². The molecule has 0 spiro atoms. The molecule has 2 aromatic rings. The van der Waals surface area contributed by atoms with Gasteiger partial charge in [0, 0.05) is 5.25 Å². The Hall–Kier alpha value is -1.61. The van der Waals surface area contributed by atoms with Gasteiger partial charge in [0.2, 0.25) is 0 Å². The molecule has 2 nitrogen and oxygen atoms in total. The van der Waals surface area contributed by atoms with Crippen molar-refractivity contribution in [3.8, 4) is 11.5 Å². The van der Waals surface area contributed by atoms with Gasteiger partial charge in [0.15, 0.2) is 0 Å². The smallest absolute Gasteiger partial charge is 0.119 e. The molecule has 0 fully saturated rings. The summed E-state index contributed by atoms with van der Waals surface area (Å²) in [5.74, 6) is 2.37. The second-order valence-corrected chi connectivity index (χ2v) is 15.9. The van der Waals surface area contributed by atoms with Crippen molar-refractivity contribution in [2.45, 2.75) is 162 Å². The first kappa shape index (κ1) is 35.6. The monoisotopic (exact) mass is 582 g/mol. The van der Waals surface area contributed by atoms with Gasteiger partial charge in [-0.15, -0.1) is 0 Å². The van der Waals surface area contributed by atoms with Gasteiger partial charge < -0.3 is 10.2 Å². The molecule has 3 heteroatoms. The van der Waals surface area contributed by atoms with E-state index in [9.17, 15) is 10.2 Å². The van der Waals surface area contributed by atoms with E-state index in [2.05, 4.69) is 93.1 Å². The van der Waals surface area contributed by atoms with Crippen LogP contribution in [0, 0.1) is 13.8 Å². The van der Waals surface area contributed by atoms with Gasteiger partial charge >= 0.3 is 0 Å². The van der Waals surface area contributed by atoms with Crippen LogP contribution < -0.4 is 0 Å². The zero-order valence-electron chi connectivity index (χ0n) is 28.3. The molecule has 0 aliphatic rings. The fourth-order valence-corrected chi connectivity index (χ4v) is 7.55. The van der Waals surface area contributed by atoms with E-state index in [4.69, 9.17) is 0 Å². The maximum atomic E-state index is 10.8. The topological polar surface area (TPSA) is 40.5 Å². The van der Waals surface area contributed by atoms with Crippen LogP contribution >= 0.6 is 11.8 Å². The first-order valence-corrected chi connectivity index (χ1v) is 17.5. The van der Waals surface area contributed by atoms with Gasteiger partial charge in [-0.05, 0) is 94.7 Å². The van der Waals surface area contributed by atoms with Crippen molar-refractivity contribution >= 4 is 11.8 Å². The summed E-state index contributed by atoms with van der Waals surface area (Å²) in [5.41, 5.74) is 7.08. The number of unbranched alkanes of at least 4 members (excludes halogenated alkanes) is 8. The van der Waals surface area contributed by atoms with Crippen LogP contribution in [0.5, 0.6) is 11.5 Å². The maximum absolute atomic E-state index is 10.8. The second kappa shape index (κ2) is 16.3. The fourth-order valence-electron chi connectivity index (χ4n) is 6.01. The number of phenols is 2. The Balaban J connectivity index is 2.13. The first-order chi connectivity index (χ1) is 19.2. The Labute approximate surface area is 258 Å². The molecule has 0 amide bonds. The predicted molar refractivity (Wildman–Crippen MR) is 183 cm³/mol. The van der Waals surface area contributed by atoms with Crippen LogP contribution in [0.3, 0.4) is 0 Å². The van der Waals surface area contributed by atoms with Gasteiger partial charge in [-0.1, -0.05) is 125 Å². The molecule has 2 atom stereocenters. The van der Waals surface area contributed by atoms with E-state index in [0.29, 0.717) is 22.7 Å². The molecule has 2 N–H and O–H groups in total.